The van der Waals surface area contributed by atoms with E-state index in [-0.39, 0.29) is 1.43 Å². The molecule has 0 saturated carbocycles. The van der Waals surface area contributed by atoms with Crippen LogP contribution in [0, 0.1) is 4.51 Å². The smallest absolute Gasteiger partial charge is 0.104 e. The third-order valence-corrected chi connectivity index (χ3v) is 7.29. The molecule has 6 heteroatoms. The van der Waals surface area contributed by atoms with Crippen LogP contribution in [0.25, 0.3) is 11.1 Å². The first kappa shape index (κ1) is 24.4. The highest BCUT2D eigenvalue weighted by Gasteiger charge is 2.22. The predicted molar refractivity (Wildman–Crippen MR) is 141 cm³/mol. The van der Waals surface area contributed by atoms with Crippen molar-refractivity contribution in [2.45, 2.75) is 53.3 Å². The van der Waals surface area contributed by atoms with Crippen LogP contribution in [0.2, 0.25) is 0 Å². The summed E-state index contributed by atoms with van der Waals surface area (Å²) in [4.78, 5) is 5.39. The number of hydrogen-bond acceptors (Lipinski definition) is 2. The number of hydrogen-bond donors (Lipinski definition) is 0. The van der Waals surface area contributed by atoms with E-state index in [1.165, 1.54) is 37.7 Å². The molecule has 0 radical (unpaired) electrons. The summed E-state index contributed by atoms with van der Waals surface area (Å²) in [7, 11) is 1.65. The molecule has 0 spiro atoms. The Hall–Kier alpha value is 0.140. The van der Waals surface area contributed by atoms with Crippen molar-refractivity contribution < 1.29 is 4.84 Å². The number of alkyl halides is 3. The highest BCUT2D eigenvalue weighted by molar-refractivity contribution is 14.2. The van der Waals surface area contributed by atoms with E-state index in [4.69, 9.17) is 28.7 Å². The van der Waals surface area contributed by atoms with Crippen molar-refractivity contribution in [3.05, 3.63) is 52.3 Å². The van der Waals surface area contributed by atoms with Gasteiger partial charge in [-0.2, -0.15) is 4.73 Å². The predicted octanol–water partition coefficient (Wildman–Crippen LogP) is 7.80. The third-order valence-electron chi connectivity index (χ3n) is 4.77. The number of rotatable bonds is 11. The molecule has 0 fully saturated rings. The van der Waals surface area contributed by atoms with Crippen molar-refractivity contribution in [2.24, 2.45) is 0 Å². The van der Waals surface area contributed by atoms with Gasteiger partial charge in [-0.15, -0.1) is 11.6 Å². The van der Waals surface area contributed by atoms with Crippen molar-refractivity contribution in [3.8, 4) is 11.1 Å². The van der Waals surface area contributed by atoms with Gasteiger partial charge in [0.25, 0.3) is 0 Å². The summed E-state index contributed by atoms with van der Waals surface area (Å²) >= 11 is 16.9. The van der Waals surface area contributed by atoms with Crippen molar-refractivity contribution >= 4 is 69.0 Å². The number of unbranched alkanes of at least 4 members (excludes halogenated alkanes) is 3. The minimum Gasteiger partial charge on any atom is -0.418 e. The van der Waals surface area contributed by atoms with Crippen LogP contribution in [0.3, 0.4) is 0 Å². The van der Waals surface area contributed by atoms with Gasteiger partial charge < -0.3 is 4.84 Å². The first-order chi connectivity index (χ1) is 13.4. The second-order valence-electron chi connectivity index (χ2n) is 7.05. The average Bonchev–Trinajstić information content (AvgIpc) is 2.67. The summed E-state index contributed by atoms with van der Waals surface area (Å²) in [5.41, 5.74) is 4.54. The zero-order chi connectivity index (χ0) is 20.6. The first-order valence-corrected chi connectivity index (χ1v) is 12.8. The summed E-state index contributed by atoms with van der Waals surface area (Å²) in [6.45, 7) is 2.26. The summed E-state index contributed by atoms with van der Waals surface area (Å²) in [5, 5.41) is 0. The van der Waals surface area contributed by atoms with E-state index >= 15 is 0 Å². The molecule has 1 aromatic heterocycles. The number of nitrogens with zero attached hydrogens (tertiary/aromatic N) is 1. The van der Waals surface area contributed by atoms with Gasteiger partial charge in [-0.05, 0) is 36.0 Å². The lowest BCUT2D eigenvalue weighted by Gasteiger charge is -2.21. The molecule has 154 valence electrons. The van der Waals surface area contributed by atoms with Crippen LogP contribution in [0.1, 0.15) is 50.2 Å². The molecule has 0 saturated heterocycles. The normalized spacial score (nSPS) is 11.6. The maximum atomic E-state index is 5.94. The van der Waals surface area contributed by atoms with Crippen molar-refractivity contribution in [3.63, 3.8) is 0 Å². The fourth-order valence-corrected chi connectivity index (χ4v) is 5.37. The monoisotopic (exact) mass is 643 g/mol. The van der Waals surface area contributed by atoms with Crippen molar-refractivity contribution in [1.29, 1.82) is 0 Å². The fourth-order valence-electron chi connectivity index (χ4n) is 3.20. The summed E-state index contributed by atoms with van der Waals surface area (Å²) < 4.78 is 2.83. The second kappa shape index (κ2) is 12.1. The van der Waals surface area contributed by atoms with Gasteiger partial charge >= 0.3 is 0 Å². The summed E-state index contributed by atoms with van der Waals surface area (Å²) in [6.07, 6.45) is 12.2. The zero-order valence-corrected chi connectivity index (χ0v) is 22.4. The molecule has 0 bridgehead atoms. The maximum absolute atomic E-state index is 5.94. The van der Waals surface area contributed by atoms with Crippen LogP contribution in [-0.2, 0) is 12.8 Å². The summed E-state index contributed by atoms with van der Waals surface area (Å²) in [6, 6.07) is 8.80. The van der Waals surface area contributed by atoms with Crippen LogP contribution in [-0.4, -0.2) is 19.1 Å². The lowest BCUT2D eigenvalue weighted by atomic mass is 10.0. The Morgan fingerprint density at radius 2 is 1.82 bits per heavy atom. The minimum atomic E-state index is 0.271. The molecule has 2 nitrogen and oxygen atoms in total. The number of benzene rings is 1. The molecule has 1 heterocycles. The quantitative estimate of drug-likeness (QED) is 0.107. The SMILES string of the molecule is CCCCCCC(I)(I)Cc1ccc(-c2cn(OC)cc(CCCl)c2=S)cc1. The van der Waals surface area contributed by atoms with Crippen LogP contribution in [0.5, 0.6) is 0 Å². The Morgan fingerprint density at radius 3 is 2.43 bits per heavy atom. The average molecular weight is 644 g/mol. The molecule has 0 aliphatic carbocycles. The molecule has 28 heavy (non-hydrogen) atoms. The maximum Gasteiger partial charge on any atom is 0.104 e. The van der Waals surface area contributed by atoms with Gasteiger partial charge in [0.1, 0.15) is 7.11 Å². The molecule has 0 aliphatic heterocycles. The van der Waals surface area contributed by atoms with Crippen LogP contribution in [0.4, 0.5) is 0 Å². The van der Waals surface area contributed by atoms with E-state index in [9.17, 15) is 0 Å². The van der Waals surface area contributed by atoms with E-state index in [1.54, 1.807) is 11.8 Å². The first-order valence-electron chi connectivity index (χ1n) is 9.73. The molecule has 1 aromatic carbocycles. The van der Waals surface area contributed by atoms with Gasteiger partial charge in [0.15, 0.2) is 0 Å². The highest BCUT2D eigenvalue weighted by atomic mass is 127. The van der Waals surface area contributed by atoms with Crippen molar-refractivity contribution in [1.82, 2.24) is 4.73 Å². The third kappa shape index (κ3) is 7.43. The molecule has 2 aromatic rings. The largest absolute Gasteiger partial charge is 0.418 e. The molecule has 0 N–H and O–H groups in total. The molecule has 0 unspecified atom stereocenters. The Bertz CT molecular complexity index is 805. The standard InChI is InChI=1S/C22H28ClI2NOS/c1-3-4-5-6-12-22(24,25)14-17-7-9-18(10-8-17)20-16-26(27-2)15-19(11-13-23)21(20)28/h7-10,15-16H,3-6,11-14H2,1-2H3. The summed E-state index contributed by atoms with van der Waals surface area (Å²) in [5.74, 6) is 0.543. The molecule has 0 atom stereocenters. The van der Waals surface area contributed by atoms with Gasteiger partial charge in [-0.25, -0.2) is 0 Å². The van der Waals surface area contributed by atoms with Crippen LogP contribution in [0.15, 0.2) is 36.7 Å². The molecular formula is C22H28ClI2NOS. The van der Waals surface area contributed by atoms with Crippen LogP contribution < -0.4 is 4.84 Å². The van der Waals surface area contributed by atoms with E-state index in [0.717, 1.165) is 34.0 Å². The van der Waals surface area contributed by atoms with Gasteiger partial charge in [0.2, 0.25) is 0 Å². The minimum absolute atomic E-state index is 0.271. The highest BCUT2D eigenvalue weighted by Crippen LogP contribution is 2.37. The van der Waals surface area contributed by atoms with Gasteiger partial charge in [-0.1, -0.05) is 114 Å². The van der Waals surface area contributed by atoms with Gasteiger partial charge in [-0.3, -0.25) is 0 Å². The lowest BCUT2D eigenvalue weighted by Crippen LogP contribution is -2.14. The van der Waals surface area contributed by atoms with Gasteiger partial charge in [0, 0.05) is 17.6 Å². The van der Waals surface area contributed by atoms with E-state index in [2.05, 4.69) is 76.4 Å². The van der Waals surface area contributed by atoms with E-state index in [1.807, 2.05) is 12.4 Å². The second-order valence-corrected chi connectivity index (χ2v) is 14.0. The number of aryl methyl sites for hydroxylation is 1. The Morgan fingerprint density at radius 1 is 1.11 bits per heavy atom. The molecule has 2 rings (SSSR count). The van der Waals surface area contributed by atoms with E-state index in [0.29, 0.717) is 5.88 Å². The Kier molecular flexibility index (Phi) is 10.6. The number of aromatic nitrogens is 1. The topological polar surface area (TPSA) is 14.2 Å². The number of pyridine rings is 1. The number of halogens is 3. The lowest BCUT2D eigenvalue weighted by molar-refractivity contribution is 0.165. The zero-order valence-electron chi connectivity index (χ0n) is 16.5. The van der Waals surface area contributed by atoms with Gasteiger partial charge in [0.05, 0.1) is 12.1 Å². The molecule has 0 aliphatic rings. The molecular weight excluding hydrogens is 616 g/mol. The van der Waals surface area contributed by atoms with Crippen LogP contribution >= 0.6 is 69.0 Å². The Balaban J connectivity index is 2.16. The van der Waals surface area contributed by atoms with Crippen molar-refractivity contribution in [2.75, 3.05) is 13.0 Å². The van der Waals surface area contributed by atoms with E-state index < -0.39 is 0 Å². The molecule has 0 amide bonds. The Labute approximate surface area is 206 Å². The fraction of sp³-hybridized carbons (Fsp3) is 0.500.